The van der Waals surface area contributed by atoms with Crippen LogP contribution in [0.25, 0.3) is 0 Å². The number of aryl methyl sites for hydroxylation is 1. The number of hydrogen-bond donors (Lipinski definition) is 1. The van der Waals surface area contributed by atoms with Gasteiger partial charge in [0.15, 0.2) is 0 Å². The molecule has 1 atom stereocenters. The maximum Gasteiger partial charge on any atom is 0.0668 e. The minimum absolute atomic E-state index is 0.341. The van der Waals surface area contributed by atoms with Crippen molar-refractivity contribution in [3.05, 3.63) is 64.2 Å². The Morgan fingerprint density at radius 2 is 1.78 bits per heavy atom. The van der Waals surface area contributed by atoms with Gasteiger partial charge in [-0.3, -0.25) is 0 Å². The van der Waals surface area contributed by atoms with Gasteiger partial charge in [-0.15, -0.1) is 0 Å². The van der Waals surface area contributed by atoms with Crippen LogP contribution in [0.4, 0.5) is 5.69 Å². The van der Waals surface area contributed by atoms with Gasteiger partial charge in [-0.2, -0.15) is 0 Å². The summed E-state index contributed by atoms with van der Waals surface area (Å²) in [7, 11) is 0. The largest absolute Gasteiger partial charge is 0.361 e. The Hall–Kier alpha value is -1.51. The maximum atomic E-state index is 6.65. The van der Waals surface area contributed by atoms with Crippen LogP contribution in [0.2, 0.25) is 5.02 Å². The molecule has 1 heterocycles. The van der Waals surface area contributed by atoms with E-state index in [4.69, 9.17) is 11.6 Å². The second-order valence-electron chi connectivity index (χ2n) is 6.81. The van der Waals surface area contributed by atoms with Crippen LogP contribution in [0.1, 0.15) is 41.5 Å². The quantitative estimate of drug-likeness (QED) is 0.881. The standard InChI is InChI=1S/C20H23ClN2/c1-14-2-4-16(5-3-14)20-13-22-10-11-23(20)19-9-8-17(12-18(19)21)15-6-7-15/h2-5,8-9,12,15,20,22H,6-7,10-11,13H2,1H3. The fourth-order valence-corrected chi connectivity index (χ4v) is 3.80. The Kier molecular flexibility index (Phi) is 4.04. The van der Waals surface area contributed by atoms with E-state index in [1.165, 1.54) is 35.2 Å². The fraction of sp³-hybridized carbons (Fsp3) is 0.400. The van der Waals surface area contributed by atoms with Gasteiger partial charge in [-0.05, 0) is 48.9 Å². The van der Waals surface area contributed by atoms with E-state index >= 15 is 0 Å². The molecule has 1 saturated heterocycles. The topological polar surface area (TPSA) is 15.3 Å². The zero-order valence-corrected chi connectivity index (χ0v) is 14.3. The van der Waals surface area contributed by atoms with E-state index < -0.39 is 0 Å². The summed E-state index contributed by atoms with van der Waals surface area (Å²) in [4.78, 5) is 2.46. The fourth-order valence-electron chi connectivity index (χ4n) is 3.51. The summed E-state index contributed by atoms with van der Waals surface area (Å²) in [6.45, 7) is 5.09. The minimum Gasteiger partial charge on any atom is -0.361 e. The molecular weight excluding hydrogens is 304 g/mol. The second kappa shape index (κ2) is 6.18. The van der Waals surface area contributed by atoms with Crippen LogP contribution in [-0.4, -0.2) is 19.6 Å². The number of hydrogen-bond acceptors (Lipinski definition) is 2. The van der Waals surface area contributed by atoms with Crippen LogP contribution in [0, 0.1) is 6.92 Å². The molecule has 0 spiro atoms. The van der Waals surface area contributed by atoms with Crippen molar-refractivity contribution in [2.75, 3.05) is 24.5 Å². The zero-order chi connectivity index (χ0) is 15.8. The molecule has 3 heteroatoms. The van der Waals surface area contributed by atoms with E-state index in [2.05, 4.69) is 59.6 Å². The van der Waals surface area contributed by atoms with Gasteiger partial charge in [0.1, 0.15) is 0 Å². The van der Waals surface area contributed by atoms with Crippen molar-refractivity contribution in [1.82, 2.24) is 5.32 Å². The van der Waals surface area contributed by atoms with Crippen LogP contribution < -0.4 is 10.2 Å². The molecule has 23 heavy (non-hydrogen) atoms. The summed E-state index contributed by atoms with van der Waals surface area (Å²) >= 11 is 6.65. The molecule has 0 bridgehead atoms. The van der Waals surface area contributed by atoms with Crippen molar-refractivity contribution in [1.29, 1.82) is 0 Å². The Morgan fingerprint density at radius 1 is 1.04 bits per heavy atom. The average molecular weight is 327 g/mol. The van der Waals surface area contributed by atoms with Crippen molar-refractivity contribution in [3.63, 3.8) is 0 Å². The molecule has 2 aliphatic rings. The predicted molar refractivity (Wildman–Crippen MR) is 97.6 cm³/mol. The third kappa shape index (κ3) is 3.11. The summed E-state index contributed by atoms with van der Waals surface area (Å²) in [5, 5.41) is 4.42. The van der Waals surface area contributed by atoms with Gasteiger partial charge in [0.05, 0.1) is 16.8 Å². The van der Waals surface area contributed by atoms with Gasteiger partial charge < -0.3 is 10.2 Å². The normalized spacial score (nSPS) is 21.5. The summed E-state index contributed by atoms with van der Waals surface area (Å²) in [5.74, 6) is 0.748. The van der Waals surface area contributed by atoms with Crippen molar-refractivity contribution >= 4 is 17.3 Å². The summed E-state index contributed by atoms with van der Waals surface area (Å²) < 4.78 is 0. The first-order valence-electron chi connectivity index (χ1n) is 8.56. The molecule has 2 aromatic rings. The highest BCUT2D eigenvalue weighted by Gasteiger charge is 2.28. The highest BCUT2D eigenvalue weighted by molar-refractivity contribution is 6.33. The second-order valence-corrected chi connectivity index (χ2v) is 7.22. The Labute approximate surface area is 143 Å². The molecule has 120 valence electrons. The summed E-state index contributed by atoms with van der Waals surface area (Å²) in [6.07, 6.45) is 2.63. The highest BCUT2D eigenvalue weighted by Crippen LogP contribution is 2.43. The highest BCUT2D eigenvalue weighted by atomic mass is 35.5. The van der Waals surface area contributed by atoms with Crippen LogP contribution in [-0.2, 0) is 0 Å². The third-order valence-electron chi connectivity index (χ3n) is 5.04. The lowest BCUT2D eigenvalue weighted by Crippen LogP contribution is -2.46. The van der Waals surface area contributed by atoms with Gasteiger partial charge in [0, 0.05) is 19.6 Å². The van der Waals surface area contributed by atoms with E-state index in [1.807, 2.05) is 0 Å². The molecule has 0 amide bonds. The first kappa shape index (κ1) is 15.0. The summed E-state index contributed by atoms with van der Waals surface area (Å²) in [5.41, 5.74) is 5.23. The Bertz CT molecular complexity index is 691. The van der Waals surface area contributed by atoms with E-state index in [0.717, 1.165) is 30.6 Å². The number of rotatable bonds is 3. The number of nitrogens with one attached hydrogen (secondary N) is 1. The van der Waals surface area contributed by atoms with E-state index in [9.17, 15) is 0 Å². The lowest BCUT2D eigenvalue weighted by Gasteiger charge is -2.39. The Morgan fingerprint density at radius 3 is 2.48 bits per heavy atom. The molecule has 0 radical (unpaired) electrons. The number of piperazine rings is 1. The Balaban J connectivity index is 1.65. The molecular formula is C20H23ClN2. The zero-order valence-electron chi connectivity index (χ0n) is 13.6. The van der Waals surface area contributed by atoms with Gasteiger partial charge in [-0.1, -0.05) is 47.5 Å². The van der Waals surface area contributed by atoms with Gasteiger partial charge in [0.25, 0.3) is 0 Å². The van der Waals surface area contributed by atoms with Crippen molar-refractivity contribution in [2.45, 2.75) is 31.7 Å². The first-order chi connectivity index (χ1) is 11.2. The summed E-state index contributed by atoms with van der Waals surface area (Å²) in [6, 6.07) is 15.9. The molecule has 2 aromatic carbocycles. The van der Waals surface area contributed by atoms with Gasteiger partial charge >= 0.3 is 0 Å². The lowest BCUT2D eigenvalue weighted by atomic mass is 10.0. The van der Waals surface area contributed by atoms with Crippen LogP contribution in [0.15, 0.2) is 42.5 Å². The predicted octanol–water partition coefficient (Wildman–Crippen LogP) is 4.68. The number of benzene rings is 2. The molecule has 1 N–H and O–H groups in total. The van der Waals surface area contributed by atoms with E-state index in [0.29, 0.717) is 6.04 Å². The molecule has 2 fully saturated rings. The molecule has 4 rings (SSSR count). The monoisotopic (exact) mass is 326 g/mol. The van der Waals surface area contributed by atoms with Crippen molar-refractivity contribution in [3.8, 4) is 0 Å². The van der Waals surface area contributed by atoms with Gasteiger partial charge in [-0.25, -0.2) is 0 Å². The van der Waals surface area contributed by atoms with Crippen LogP contribution in [0.5, 0.6) is 0 Å². The van der Waals surface area contributed by atoms with E-state index in [-0.39, 0.29) is 0 Å². The molecule has 1 aliphatic carbocycles. The molecule has 1 unspecified atom stereocenters. The first-order valence-corrected chi connectivity index (χ1v) is 8.93. The van der Waals surface area contributed by atoms with Crippen LogP contribution >= 0.6 is 11.6 Å². The average Bonchev–Trinajstić information content (AvgIpc) is 3.41. The minimum atomic E-state index is 0.341. The SMILES string of the molecule is Cc1ccc(C2CNCCN2c2ccc(C3CC3)cc2Cl)cc1. The van der Waals surface area contributed by atoms with Crippen molar-refractivity contribution < 1.29 is 0 Å². The number of nitrogens with zero attached hydrogens (tertiary/aromatic N) is 1. The smallest absolute Gasteiger partial charge is 0.0668 e. The molecule has 2 nitrogen and oxygen atoms in total. The number of anilines is 1. The van der Waals surface area contributed by atoms with Crippen molar-refractivity contribution in [2.24, 2.45) is 0 Å². The van der Waals surface area contributed by atoms with Crippen LogP contribution in [0.3, 0.4) is 0 Å². The molecule has 1 aliphatic heterocycles. The van der Waals surface area contributed by atoms with E-state index in [1.54, 1.807) is 0 Å². The molecule has 1 saturated carbocycles. The molecule has 0 aromatic heterocycles. The van der Waals surface area contributed by atoms with Gasteiger partial charge in [0.2, 0.25) is 0 Å². The third-order valence-corrected chi connectivity index (χ3v) is 5.34. The lowest BCUT2D eigenvalue weighted by molar-refractivity contribution is 0.490. The number of halogens is 1. The maximum absolute atomic E-state index is 6.65.